The summed E-state index contributed by atoms with van der Waals surface area (Å²) in [6.45, 7) is 2.33. The number of pyridine rings is 1. The quantitative estimate of drug-likeness (QED) is 0.349. The Bertz CT molecular complexity index is 1420. The lowest BCUT2D eigenvalue weighted by Crippen LogP contribution is -2.39. The van der Waals surface area contributed by atoms with Crippen LogP contribution in [0.5, 0.6) is 5.88 Å². The summed E-state index contributed by atoms with van der Waals surface area (Å²) in [6, 6.07) is 8.58. The van der Waals surface area contributed by atoms with Crippen LogP contribution >= 0.6 is 0 Å². The second-order valence-corrected chi connectivity index (χ2v) is 8.06. The van der Waals surface area contributed by atoms with E-state index in [1.807, 2.05) is 6.92 Å². The lowest BCUT2D eigenvalue weighted by molar-refractivity contribution is 0.0918. The van der Waals surface area contributed by atoms with Crippen molar-refractivity contribution in [1.82, 2.24) is 34.7 Å². The molecular formula is C23H25N9O3. The summed E-state index contributed by atoms with van der Waals surface area (Å²) in [4.78, 5) is 30.5. The second-order valence-electron chi connectivity index (χ2n) is 8.06. The molecule has 4 aromatic heterocycles. The Morgan fingerprint density at radius 1 is 1.23 bits per heavy atom. The summed E-state index contributed by atoms with van der Waals surface area (Å²) in [5, 5.41) is 21.5. The Hall–Kier alpha value is -4.48. The number of carbonyl (C=O) groups excluding carboxylic acids is 1. The molecule has 0 aliphatic heterocycles. The minimum absolute atomic E-state index is 0.191. The molecule has 4 heterocycles. The molecule has 1 aliphatic rings. The molecular weight excluding hydrogens is 450 g/mol. The molecule has 0 atom stereocenters. The van der Waals surface area contributed by atoms with Crippen LogP contribution in [0.3, 0.4) is 0 Å². The van der Waals surface area contributed by atoms with Crippen molar-refractivity contribution in [3.8, 4) is 11.7 Å². The fourth-order valence-electron chi connectivity index (χ4n) is 3.75. The highest BCUT2D eigenvalue weighted by atomic mass is 16.5. The van der Waals surface area contributed by atoms with Gasteiger partial charge in [-0.05, 0) is 44.4 Å². The van der Waals surface area contributed by atoms with Crippen molar-refractivity contribution in [2.45, 2.75) is 32.2 Å². The molecule has 0 aromatic carbocycles. The minimum atomic E-state index is -0.338. The fraction of sp³-hybridized carbons (Fsp3) is 0.304. The van der Waals surface area contributed by atoms with Gasteiger partial charge >= 0.3 is 0 Å². The summed E-state index contributed by atoms with van der Waals surface area (Å²) in [5.74, 6) is 1.51. The average molecular weight is 476 g/mol. The summed E-state index contributed by atoms with van der Waals surface area (Å²) in [5.41, 5.74) is 0.689. The maximum atomic E-state index is 13.2. The van der Waals surface area contributed by atoms with Gasteiger partial charge in [0.25, 0.3) is 11.5 Å². The van der Waals surface area contributed by atoms with Gasteiger partial charge in [0.05, 0.1) is 12.8 Å². The van der Waals surface area contributed by atoms with E-state index in [9.17, 15) is 9.59 Å². The number of carbonyl (C=O) groups is 1. The highest BCUT2D eigenvalue weighted by molar-refractivity contribution is 6.00. The first-order valence-corrected chi connectivity index (χ1v) is 11.4. The molecule has 35 heavy (non-hydrogen) atoms. The van der Waals surface area contributed by atoms with Crippen molar-refractivity contribution in [1.29, 1.82) is 0 Å². The first kappa shape index (κ1) is 22.3. The van der Waals surface area contributed by atoms with Gasteiger partial charge in [0.1, 0.15) is 22.9 Å². The van der Waals surface area contributed by atoms with Gasteiger partial charge in [-0.1, -0.05) is 0 Å². The maximum absolute atomic E-state index is 13.2. The predicted octanol–water partition coefficient (Wildman–Crippen LogP) is 2.14. The van der Waals surface area contributed by atoms with Gasteiger partial charge in [0.15, 0.2) is 11.5 Å². The number of nitrogens with zero attached hydrogens (tertiary/aromatic N) is 6. The summed E-state index contributed by atoms with van der Waals surface area (Å²) < 4.78 is 8.24. The molecule has 12 heteroatoms. The molecule has 0 spiro atoms. The molecule has 5 rings (SSSR count). The summed E-state index contributed by atoms with van der Waals surface area (Å²) in [6.07, 6.45) is 6.18. The summed E-state index contributed by atoms with van der Waals surface area (Å²) >= 11 is 0. The van der Waals surface area contributed by atoms with E-state index in [1.54, 1.807) is 48.1 Å². The van der Waals surface area contributed by atoms with E-state index in [-0.39, 0.29) is 23.2 Å². The number of ether oxygens (including phenoxy) is 1. The Labute approximate surface area is 200 Å². The largest absolute Gasteiger partial charge is 0.477 e. The molecule has 0 radical (unpaired) electrons. The first-order chi connectivity index (χ1) is 17.1. The van der Waals surface area contributed by atoms with Crippen molar-refractivity contribution >= 4 is 28.9 Å². The smallest absolute Gasteiger partial charge is 0.280 e. The Morgan fingerprint density at radius 2 is 2.09 bits per heavy atom. The highest BCUT2D eigenvalue weighted by Gasteiger charge is 2.23. The van der Waals surface area contributed by atoms with Gasteiger partial charge in [-0.25, -0.2) is 4.98 Å². The van der Waals surface area contributed by atoms with E-state index < -0.39 is 0 Å². The zero-order chi connectivity index (χ0) is 24.4. The van der Waals surface area contributed by atoms with Crippen molar-refractivity contribution in [3.63, 3.8) is 0 Å². The highest BCUT2D eigenvalue weighted by Crippen LogP contribution is 2.23. The van der Waals surface area contributed by atoms with E-state index in [1.165, 1.54) is 10.8 Å². The van der Waals surface area contributed by atoms with Crippen LogP contribution in [0, 0.1) is 0 Å². The number of hydrogen-bond donors (Lipinski definition) is 3. The maximum Gasteiger partial charge on any atom is 0.280 e. The molecule has 0 bridgehead atoms. The molecule has 0 unspecified atom stereocenters. The van der Waals surface area contributed by atoms with Gasteiger partial charge in [0.2, 0.25) is 5.88 Å². The number of aromatic nitrogens is 6. The molecule has 1 saturated carbocycles. The lowest BCUT2D eigenvalue weighted by atomic mass is 9.93. The van der Waals surface area contributed by atoms with Crippen LogP contribution < -0.4 is 26.2 Å². The van der Waals surface area contributed by atoms with Gasteiger partial charge < -0.3 is 20.7 Å². The van der Waals surface area contributed by atoms with Gasteiger partial charge in [-0.2, -0.15) is 9.61 Å². The standard InChI is InChI=1S/C23H25N9O3/c1-3-35-20-10-9-18(29-30-20)31-11-5-8-16(23(31)34)27-17-12-19(24-2)32-21(28-17)15(13-25-32)22(33)26-14-6-4-7-14/h5,8-14,24H,3-4,6-7H2,1-2H3,(H,26,33)(H,27,28). The molecule has 1 fully saturated rings. The Morgan fingerprint density at radius 3 is 2.77 bits per heavy atom. The van der Waals surface area contributed by atoms with Crippen LogP contribution in [-0.4, -0.2) is 55.0 Å². The predicted molar refractivity (Wildman–Crippen MR) is 130 cm³/mol. The number of amides is 1. The van der Waals surface area contributed by atoms with E-state index >= 15 is 0 Å². The Balaban J connectivity index is 1.47. The number of fused-ring (bicyclic) bond motifs is 1. The second kappa shape index (κ2) is 9.41. The van der Waals surface area contributed by atoms with Gasteiger partial charge in [0, 0.05) is 31.4 Å². The minimum Gasteiger partial charge on any atom is -0.477 e. The molecule has 1 amide bonds. The fourth-order valence-corrected chi connectivity index (χ4v) is 3.75. The van der Waals surface area contributed by atoms with E-state index in [0.717, 1.165) is 19.3 Å². The van der Waals surface area contributed by atoms with Gasteiger partial charge in [-0.3, -0.25) is 14.2 Å². The molecule has 4 aromatic rings. The van der Waals surface area contributed by atoms with Crippen molar-refractivity contribution < 1.29 is 9.53 Å². The van der Waals surface area contributed by atoms with Crippen LogP contribution in [0.25, 0.3) is 11.5 Å². The third kappa shape index (κ3) is 4.37. The SMILES string of the molecule is CCOc1ccc(-n2cccc(Nc3cc(NC)n4ncc(C(=O)NC5CCC5)c4n3)c2=O)nn1. The average Bonchev–Trinajstić information content (AvgIpc) is 3.27. The van der Waals surface area contributed by atoms with E-state index in [2.05, 4.69) is 36.2 Å². The van der Waals surface area contributed by atoms with Crippen LogP contribution in [0.4, 0.5) is 17.3 Å². The van der Waals surface area contributed by atoms with Crippen LogP contribution in [0.1, 0.15) is 36.5 Å². The van der Waals surface area contributed by atoms with Crippen molar-refractivity contribution in [2.75, 3.05) is 24.3 Å². The lowest BCUT2D eigenvalue weighted by Gasteiger charge is -2.26. The topological polar surface area (TPSA) is 140 Å². The zero-order valence-corrected chi connectivity index (χ0v) is 19.4. The van der Waals surface area contributed by atoms with Crippen LogP contribution in [0.2, 0.25) is 0 Å². The van der Waals surface area contributed by atoms with Crippen molar-refractivity contribution in [2.24, 2.45) is 0 Å². The molecule has 12 nitrogen and oxygen atoms in total. The normalized spacial score (nSPS) is 13.3. The zero-order valence-electron chi connectivity index (χ0n) is 19.4. The third-order valence-electron chi connectivity index (χ3n) is 5.79. The van der Waals surface area contributed by atoms with E-state index in [4.69, 9.17) is 4.74 Å². The number of anilines is 3. The molecule has 180 valence electrons. The first-order valence-electron chi connectivity index (χ1n) is 11.4. The van der Waals surface area contributed by atoms with Gasteiger partial charge in [-0.15, -0.1) is 10.2 Å². The number of rotatable bonds is 8. The van der Waals surface area contributed by atoms with Crippen LogP contribution in [-0.2, 0) is 0 Å². The van der Waals surface area contributed by atoms with E-state index in [0.29, 0.717) is 41.2 Å². The molecule has 0 saturated heterocycles. The molecule has 3 N–H and O–H groups in total. The third-order valence-corrected chi connectivity index (χ3v) is 5.79. The summed E-state index contributed by atoms with van der Waals surface area (Å²) in [7, 11) is 1.74. The monoisotopic (exact) mass is 475 g/mol. The number of nitrogens with one attached hydrogen (secondary N) is 3. The molecule has 1 aliphatic carbocycles. The van der Waals surface area contributed by atoms with Crippen LogP contribution in [0.15, 0.2) is 47.5 Å². The van der Waals surface area contributed by atoms with Crippen molar-refractivity contribution in [3.05, 3.63) is 58.6 Å². The Kier molecular flexibility index (Phi) is 6.00. The number of hydrogen-bond acceptors (Lipinski definition) is 9.